The van der Waals surface area contributed by atoms with Gasteiger partial charge < -0.3 is 16.2 Å². The van der Waals surface area contributed by atoms with Gasteiger partial charge in [0.1, 0.15) is 5.52 Å². The number of fused-ring (bicyclic) bond motifs is 1. The highest BCUT2D eigenvalue weighted by molar-refractivity contribution is 7.19. The molecule has 5 nitrogen and oxygen atoms in total. The predicted octanol–water partition coefficient (Wildman–Crippen LogP) is 2.93. The van der Waals surface area contributed by atoms with Crippen LogP contribution in [0.25, 0.3) is 10.2 Å². The van der Waals surface area contributed by atoms with Crippen molar-refractivity contribution in [1.82, 2.24) is 10.2 Å². The summed E-state index contributed by atoms with van der Waals surface area (Å²) in [4.78, 5) is 2.51. The minimum absolute atomic E-state index is 0.0257. The average molecular weight is 348 g/mol. The van der Waals surface area contributed by atoms with Crippen LogP contribution < -0.4 is 11.1 Å². The van der Waals surface area contributed by atoms with Gasteiger partial charge in [0.2, 0.25) is 0 Å². The third-order valence-electron chi connectivity index (χ3n) is 3.78. The molecule has 7 heteroatoms. The first kappa shape index (κ1) is 16.3. The Morgan fingerprint density at radius 1 is 1.43 bits per heavy atom. The SMILES string of the molecule is Cc1c(C[C@@H](N)CCO)sc2c(NCc3cccs3)cnnc12. The lowest BCUT2D eigenvalue weighted by atomic mass is 10.1. The fourth-order valence-electron chi connectivity index (χ4n) is 2.48. The molecule has 0 aliphatic carbocycles. The molecule has 0 saturated heterocycles. The molecule has 0 aliphatic rings. The van der Waals surface area contributed by atoms with E-state index in [-0.39, 0.29) is 12.6 Å². The summed E-state index contributed by atoms with van der Waals surface area (Å²) in [6, 6.07) is 4.14. The van der Waals surface area contributed by atoms with Crippen LogP contribution >= 0.6 is 22.7 Å². The highest BCUT2D eigenvalue weighted by Gasteiger charge is 2.15. The molecule has 0 aromatic carbocycles. The van der Waals surface area contributed by atoms with Crippen molar-refractivity contribution in [1.29, 1.82) is 0 Å². The summed E-state index contributed by atoms with van der Waals surface area (Å²) in [5.74, 6) is 0. The van der Waals surface area contributed by atoms with Crippen molar-refractivity contribution in [2.75, 3.05) is 11.9 Å². The van der Waals surface area contributed by atoms with Gasteiger partial charge in [-0.05, 0) is 36.8 Å². The van der Waals surface area contributed by atoms with Gasteiger partial charge >= 0.3 is 0 Å². The van der Waals surface area contributed by atoms with E-state index in [1.165, 1.54) is 9.75 Å². The summed E-state index contributed by atoms with van der Waals surface area (Å²) in [7, 11) is 0. The molecule has 3 heterocycles. The Morgan fingerprint density at radius 3 is 3.04 bits per heavy atom. The van der Waals surface area contributed by atoms with Gasteiger partial charge in [0.15, 0.2) is 0 Å². The number of hydrogen-bond donors (Lipinski definition) is 3. The van der Waals surface area contributed by atoms with Crippen LogP contribution in [0.5, 0.6) is 0 Å². The molecular formula is C16H20N4OS2. The van der Waals surface area contributed by atoms with Crippen LogP contribution in [0.4, 0.5) is 5.69 Å². The number of nitrogens with zero attached hydrogens (tertiary/aromatic N) is 2. The first-order valence-electron chi connectivity index (χ1n) is 7.55. The predicted molar refractivity (Wildman–Crippen MR) is 97.2 cm³/mol. The Kier molecular flexibility index (Phi) is 5.22. The van der Waals surface area contributed by atoms with E-state index >= 15 is 0 Å². The van der Waals surface area contributed by atoms with Gasteiger partial charge in [0, 0.05) is 28.9 Å². The summed E-state index contributed by atoms with van der Waals surface area (Å²) in [6.07, 6.45) is 3.16. The molecule has 122 valence electrons. The van der Waals surface area contributed by atoms with E-state index in [0.29, 0.717) is 6.42 Å². The molecule has 23 heavy (non-hydrogen) atoms. The molecule has 0 aliphatic heterocycles. The van der Waals surface area contributed by atoms with Crippen molar-refractivity contribution in [2.24, 2.45) is 5.73 Å². The average Bonchev–Trinajstić information content (AvgIpc) is 3.15. The maximum Gasteiger partial charge on any atom is 0.109 e. The van der Waals surface area contributed by atoms with Crippen LogP contribution in [-0.4, -0.2) is 28.0 Å². The van der Waals surface area contributed by atoms with E-state index in [2.05, 4.69) is 40.0 Å². The van der Waals surface area contributed by atoms with Crippen LogP contribution in [0.1, 0.15) is 21.7 Å². The molecule has 3 rings (SSSR count). The van der Waals surface area contributed by atoms with Crippen molar-refractivity contribution < 1.29 is 5.11 Å². The summed E-state index contributed by atoms with van der Waals surface area (Å²) in [5.41, 5.74) is 9.16. The standard InChI is InChI=1S/C16H20N4OS2/c1-10-14(7-11(17)4-5-21)23-16-13(9-19-20-15(10)16)18-8-12-3-2-6-22-12/h2-3,6,9,11,21H,4-5,7-8,17H2,1H3,(H,18,20)/t11-/m0/s1. The van der Waals surface area contributed by atoms with Gasteiger partial charge in [-0.1, -0.05) is 6.07 Å². The first-order valence-corrected chi connectivity index (χ1v) is 9.25. The van der Waals surface area contributed by atoms with Crippen molar-refractivity contribution in [3.8, 4) is 0 Å². The summed E-state index contributed by atoms with van der Waals surface area (Å²) in [5, 5.41) is 23.0. The minimum atomic E-state index is -0.0257. The molecule has 3 aromatic heterocycles. The second kappa shape index (κ2) is 7.35. The lowest BCUT2D eigenvalue weighted by molar-refractivity contribution is 0.275. The zero-order chi connectivity index (χ0) is 16.2. The van der Waals surface area contributed by atoms with E-state index in [4.69, 9.17) is 10.8 Å². The fraction of sp³-hybridized carbons (Fsp3) is 0.375. The highest BCUT2D eigenvalue weighted by atomic mass is 32.1. The zero-order valence-electron chi connectivity index (χ0n) is 13.0. The number of nitrogens with two attached hydrogens (primary N) is 1. The summed E-state index contributed by atoms with van der Waals surface area (Å²) in [6.45, 7) is 2.98. The molecule has 0 amide bonds. The molecule has 0 radical (unpaired) electrons. The van der Waals surface area contributed by atoms with Gasteiger partial charge in [-0.15, -0.1) is 27.8 Å². The number of aliphatic hydroxyl groups excluding tert-OH is 1. The molecule has 4 N–H and O–H groups in total. The smallest absolute Gasteiger partial charge is 0.109 e. The van der Waals surface area contributed by atoms with E-state index in [1.54, 1.807) is 28.9 Å². The van der Waals surface area contributed by atoms with Crippen LogP contribution in [0, 0.1) is 6.92 Å². The number of nitrogens with one attached hydrogen (secondary N) is 1. The molecule has 0 bridgehead atoms. The van der Waals surface area contributed by atoms with Crippen LogP contribution in [0.2, 0.25) is 0 Å². The molecule has 3 aromatic rings. The second-order valence-electron chi connectivity index (χ2n) is 5.50. The monoisotopic (exact) mass is 348 g/mol. The van der Waals surface area contributed by atoms with Gasteiger partial charge in [-0.25, -0.2) is 0 Å². The Hall–Kier alpha value is -1.54. The van der Waals surface area contributed by atoms with Crippen LogP contribution in [0.3, 0.4) is 0 Å². The number of thiophene rings is 2. The Morgan fingerprint density at radius 2 is 2.30 bits per heavy atom. The van der Waals surface area contributed by atoms with Gasteiger partial charge in [0.25, 0.3) is 0 Å². The third-order valence-corrected chi connectivity index (χ3v) is 6.00. The zero-order valence-corrected chi connectivity index (χ0v) is 14.6. The van der Waals surface area contributed by atoms with E-state index in [1.807, 2.05) is 0 Å². The summed E-state index contributed by atoms with van der Waals surface area (Å²) >= 11 is 3.45. The van der Waals surface area contributed by atoms with Gasteiger partial charge in [-0.3, -0.25) is 0 Å². The lowest BCUT2D eigenvalue weighted by Gasteiger charge is -2.08. The first-order chi connectivity index (χ1) is 11.2. The molecule has 0 fully saturated rings. The Balaban J connectivity index is 1.85. The van der Waals surface area contributed by atoms with Crippen molar-refractivity contribution >= 4 is 38.6 Å². The molecular weight excluding hydrogens is 328 g/mol. The number of hydrogen-bond acceptors (Lipinski definition) is 7. The Bertz CT molecular complexity index is 770. The second-order valence-corrected chi connectivity index (χ2v) is 7.63. The third kappa shape index (κ3) is 3.69. The van der Waals surface area contributed by atoms with E-state index in [9.17, 15) is 0 Å². The maximum atomic E-state index is 9.02. The van der Waals surface area contributed by atoms with E-state index < -0.39 is 0 Å². The van der Waals surface area contributed by atoms with Crippen molar-refractivity contribution in [3.63, 3.8) is 0 Å². The Labute approximate surface area is 143 Å². The highest BCUT2D eigenvalue weighted by Crippen LogP contribution is 2.34. The quantitative estimate of drug-likeness (QED) is 0.611. The van der Waals surface area contributed by atoms with Crippen molar-refractivity contribution in [3.05, 3.63) is 39.0 Å². The lowest BCUT2D eigenvalue weighted by Crippen LogP contribution is -2.23. The molecule has 1 atom stereocenters. The molecule has 0 saturated carbocycles. The van der Waals surface area contributed by atoms with Crippen LogP contribution in [-0.2, 0) is 13.0 Å². The molecule has 0 spiro atoms. The van der Waals surface area contributed by atoms with E-state index in [0.717, 1.165) is 34.4 Å². The number of aryl methyl sites for hydroxylation is 1. The minimum Gasteiger partial charge on any atom is -0.396 e. The molecule has 0 unspecified atom stereocenters. The van der Waals surface area contributed by atoms with Crippen LogP contribution in [0.15, 0.2) is 23.7 Å². The topological polar surface area (TPSA) is 84.1 Å². The fourth-order valence-corrected chi connectivity index (χ4v) is 4.44. The number of anilines is 1. The number of aliphatic hydroxyl groups is 1. The normalized spacial score (nSPS) is 12.7. The number of rotatable bonds is 7. The van der Waals surface area contributed by atoms with Gasteiger partial charge in [-0.2, -0.15) is 5.10 Å². The largest absolute Gasteiger partial charge is 0.396 e. The van der Waals surface area contributed by atoms with Crippen molar-refractivity contribution in [2.45, 2.75) is 32.4 Å². The summed E-state index contributed by atoms with van der Waals surface area (Å²) < 4.78 is 1.13. The maximum absolute atomic E-state index is 9.02. The van der Waals surface area contributed by atoms with Gasteiger partial charge in [0.05, 0.1) is 16.6 Å². The number of aromatic nitrogens is 2.